The Morgan fingerprint density at radius 1 is 1.08 bits per heavy atom. The van der Waals surface area contributed by atoms with Crippen LogP contribution in [0.2, 0.25) is 0 Å². The van der Waals surface area contributed by atoms with Gasteiger partial charge in [-0.1, -0.05) is 0 Å². The Kier molecular flexibility index (Phi) is 3.82. The molecule has 0 unspecified atom stereocenters. The summed E-state index contributed by atoms with van der Waals surface area (Å²) in [6, 6.07) is 3.79. The summed E-state index contributed by atoms with van der Waals surface area (Å²) in [5.41, 5.74) is 4.22. The first-order chi connectivity index (χ1) is 11.8. The molecular weight excluding hydrogens is 306 g/mol. The molecule has 0 aliphatic carbocycles. The summed E-state index contributed by atoms with van der Waals surface area (Å²) in [5, 5.41) is 0. The van der Waals surface area contributed by atoms with Crippen LogP contribution in [0.25, 0.3) is 11.3 Å². The van der Waals surface area contributed by atoms with Crippen molar-refractivity contribution in [3.05, 3.63) is 48.6 Å². The van der Waals surface area contributed by atoms with E-state index in [2.05, 4.69) is 24.8 Å². The molecule has 0 bridgehead atoms. The van der Waals surface area contributed by atoms with Crippen LogP contribution in [0, 0.1) is 0 Å². The molecule has 0 spiro atoms. The molecule has 0 aromatic carbocycles. The molecule has 1 aliphatic heterocycles. The Morgan fingerprint density at radius 2 is 1.96 bits per heavy atom. The van der Waals surface area contributed by atoms with E-state index < -0.39 is 0 Å². The SMILES string of the molecule is COc1cc(N2CCc3ncnc(-c4ccoc4)c3CC2)ncn1. The molecule has 3 aromatic heterocycles. The molecular formula is C17H17N5O2. The van der Waals surface area contributed by atoms with Gasteiger partial charge in [0.15, 0.2) is 0 Å². The number of ether oxygens (including phenoxy) is 1. The molecule has 122 valence electrons. The van der Waals surface area contributed by atoms with Gasteiger partial charge in [-0.3, -0.25) is 0 Å². The maximum atomic E-state index is 5.21. The van der Waals surface area contributed by atoms with Gasteiger partial charge in [-0.2, -0.15) is 0 Å². The van der Waals surface area contributed by atoms with E-state index >= 15 is 0 Å². The highest BCUT2D eigenvalue weighted by atomic mass is 16.5. The van der Waals surface area contributed by atoms with Gasteiger partial charge in [0.05, 0.1) is 25.3 Å². The normalized spacial score (nSPS) is 14.1. The summed E-state index contributed by atoms with van der Waals surface area (Å²) in [5.74, 6) is 1.44. The van der Waals surface area contributed by atoms with E-state index in [4.69, 9.17) is 9.15 Å². The van der Waals surface area contributed by atoms with E-state index in [0.29, 0.717) is 5.88 Å². The smallest absolute Gasteiger partial charge is 0.218 e. The fourth-order valence-corrected chi connectivity index (χ4v) is 3.02. The number of nitrogens with zero attached hydrogens (tertiary/aromatic N) is 5. The molecule has 0 amide bonds. The lowest BCUT2D eigenvalue weighted by Crippen LogP contribution is -2.27. The predicted octanol–water partition coefficient (Wildman–Crippen LogP) is 2.14. The second-order valence-electron chi connectivity index (χ2n) is 5.57. The second-order valence-corrected chi connectivity index (χ2v) is 5.57. The van der Waals surface area contributed by atoms with Gasteiger partial charge in [0, 0.05) is 42.4 Å². The van der Waals surface area contributed by atoms with Crippen LogP contribution in [0.15, 0.2) is 41.7 Å². The zero-order chi connectivity index (χ0) is 16.4. The van der Waals surface area contributed by atoms with Crippen LogP contribution in [-0.4, -0.2) is 40.1 Å². The van der Waals surface area contributed by atoms with Gasteiger partial charge in [-0.05, 0) is 12.5 Å². The topological polar surface area (TPSA) is 77.2 Å². The summed E-state index contributed by atoms with van der Waals surface area (Å²) in [7, 11) is 1.61. The quantitative estimate of drug-likeness (QED) is 0.730. The molecule has 0 fully saturated rings. The van der Waals surface area contributed by atoms with E-state index in [9.17, 15) is 0 Å². The van der Waals surface area contributed by atoms with Crippen molar-refractivity contribution in [2.24, 2.45) is 0 Å². The minimum absolute atomic E-state index is 0.570. The first kappa shape index (κ1) is 14.6. The van der Waals surface area contributed by atoms with Crippen molar-refractivity contribution < 1.29 is 9.15 Å². The van der Waals surface area contributed by atoms with Crippen molar-refractivity contribution >= 4 is 5.82 Å². The molecule has 7 heteroatoms. The van der Waals surface area contributed by atoms with Crippen LogP contribution >= 0.6 is 0 Å². The maximum Gasteiger partial charge on any atom is 0.218 e. The number of anilines is 1. The van der Waals surface area contributed by atoms with Crippen LogP contribution in [0.1, 0.15) is 11.3 Å². The minimum atomic E-state index is 0.570. The molecule has 1 aliphatic rings. The van der Waals surface area contributed by atoms with E-state index in [0.717, 1.165) is 48.7 Å². The van der Waals surface area contributed by atoms with Crippen LogP contribution < -0.4 is 9.64 Å². The summed E-state index contributed by atoms with van der Waals surface area (Å²) in [6.45, 7) is 1.68. The molecule has 3 aromatic rings. The molecule has 0 radical (unpaired) electrons. The number of methoxy groups -OCH3 is 1. The third-order valence-electron chi connectivity index (χ3n) is 4.24. The summed E-state index contributed by atoms with van der Waals surface area (Å²) < 4.78 is 10.4. The fourth-order valence-electron chi connectivity index (χ4n) is 3.02. The lowest BCUT2D eigenvalue weighted by atomic mass is 10.0. The number of hydrogen-bond acceptors (Lipinski definition) is 7. The highest BCUT2D eigenvalue weighted by molar-refractivity contribution is 5.63. The van der Waals surface area contributed by atoms with Crippen LogP contribution in [0.4, 0.5) is 5.82 Å². The Bertz CT molecular complexity index is 835. The molecule has 24 heavy (non-hydrogen) atoms. The first-order valence-corrected chi connectivity index (χ1v) is 7.81. The lowest BCUT2D eigenvalue weighted by Gasteiger charge is -2.21. The van der Waals surface area contributed by atoms with Crippen LogP contribution in [0.5, 0.6) is 5.88 Å². The number of fused-ring (bicyclic) bond motifs is 1. The average Bonchev–Trinajstić information content (AvgIpc) is 3.08. The molecule has 0 atom stereocenters. The molecule has 0 N–H and O–H groups in total. The molecule has 4 heterocycles. The largest absolute Gasteiger partial charge is 0.481 e. The van der Waals surface area contributed by atoms with E-state index in [1.54, 1.807) is 26.0 Å². The van der Waals surface area contributed by atoms with E-state index in [-0.39, 0.29) is 0 Å². The van der Waals surface area contributed by atoms with Gasteiger partial charge >= 0.3 is 0 Å². The standard InChI is InChI=1S/C17H17N5O2/c1-23-16-8-15(19-11-20-16)22-5-2-13-14(3-6-22)18-10-21-17(13)12-4-7-24-9-12/h4,7-11H,2-3,5-6H2,1H3. The minimum Gasteiger partial charge on any atom is -0.481 e. The van der Waals surface area contributed by atoms with Gasteiger partial charge in [0.2, 0.25) is 5.88 Å². The van der Waals surface area contributed by atoms with Crippen molar-refractivity contribution in [2.75, 3.05) is 25.1 Å². The fraction of sp³-hybridized carbons (Fsp3) is 0.294. The monoisotopic (exact) mass is 323 g/mol. The summed E-state index contributed by atoms with van der Waals surface area (Å²) in [4.78, 5) is 19.6. The van der Waals surface area contributed by atoms with Crippen molar-refractivity contribution in [3.8, 4) is 17.1 Å². The lowest BCUT2D eigenvalue weighted by molar-refractivity contribution is 0.396. The van der Waals surface area contributed by atoms with Gasteiger partial charge in [0.1, 0.15) is 18.5 Å². The third-order valence-corrected chi connectivity index (χ3v) is 4.24. The molecule has 0 saturated heterocycles. The maximum absolute atomic E-state index is 5.21. The number of furan rings is 1. The first-order valence-electron chi connectivity index (χ1n) is 7.81. The average molecular weight is 323 g/mol. The zero-order valence-corrected chi connectivity index (χ0v) is 13.3. The number of aromatic nitrogens is 4. The van der Waals surface area contributed by atoms with Crippen molar-refractivity contribution in [3.63, 3.8) is 0 Å². The van der Waals surface area contributed by atoms with Gasteiger partial charge in [0.25, 0.3) is 0 Å². The van der Waals surface area contributed by atoms with Crippen molar-refractivity contribution in [1.29, 1.82) is 0 Å². The second kappa shape index (κ2) is 6.27. The number of hydrogen-bond donors (Lipinski definition) is 0. The highest BCUT2D eigenvalue weighted by Gasteiger charge is 2.20. The van der Waals surface area contributed by atoms with E-state index in [1.807, 2.05) is 12.1 Å². The molecule has 7 nitrogen and oxygen atoms in total. The van der Waals surface area contributed by atoms with Crippen LogP contribution in [-0.2, 0) is 12.8 Å². The van der Waals surface area contributed by atoms with Gasteiger partial charge in [-0.25, -0.2) is 19.9 Å². The summed E-state index contributed by atoms with van der Waals surface area (Å²) >= 11 is 0. The van der Waals surface area contributed by atoms with Crippen LogP contribution in [0.3, 0.4) is 0 Å². The number of rotatable bonds is 3. The van der Waals surface area contributed by atoms with Gasteiger partial charge < -0.3 is 14.1 Å². The predicted molar refractivity (Wildman–Crippen MR) is 87.9 cm³/mol. The third kappa shape index (κ3) is 2.68. The van der Waals surface area contributed by atoms with E-state index in [1.165, 1.54) is 11.9 Å². The van der Waals surface area contributed by atoms with Crippen molar-refractivity contribution in [1.82, 2.24) is 19.9 Å². The molecule has 0 saturated carbocycles. The Morgan fingerprint density at radius 3 is 2.79 bits per heavy atom. The Hall–Kier alpha value is -2.96. The van der Waals surface area contributed by atoms with Crippen molar-refractivity contribution in [2.45, 2.75) is 12.8 Å². The Labute approximate surface area is 139 Å². The Balaban J connectivity index is 1.63. The molecule has 4 rings (SSSR count). The summed E-state index contributed by atoms with van der Waals surface area (Å²) in [6.07, 6.45) is 8.24. The highest BCUT2D eigenvalue weighted by Crippen LogP contribution is 2.27. The van der Waals surface area contributed by atoms with Gasteiger partial charge in [-0.15, -0.1) is 0 Å². The zero-order valence-electron chi connectivity index (χ0n) is 13.3.